The maximum absolute atomic E-state index is 13.6. The molecule has 0 aliphatic carbocycles. The monoisotopic (exact) mass is 600 g/mol. The number of halogens is 3. The first kappa shape index (κ1) is 29.9. The molecule has 3 rings (SSSR count). The lowest BCUT2D eigenvalue weighted by Gasteiger charge is -2.26. The van der Waals surface area contributed by atoms with Crippen molar-refractivity contribution in [3.63, 3.8) is 0 Å². The summed E-state index contributed by atoms with van der Waals surface area (Å²) in [5, 5.41) is 1.08. The molecule has 0 radical (unpaired) electrons. The Bertz CT molecular complexity index is 1380. The number of carbonyl (C=O) groups is 1. The van der Waals surface area contributed by atoms with Gasteiger partial charge in [-0.2, -0.15) is 4.31 Å². The van der Waals surface area contributed by atoms with E-state index in [0.717, 1.165) is 4.31 Å². The third-order valence-electron chi connectivity index (χ3n) is 5.69. The molecule has 0 aliphatic rings. The van der Waals surface area contributed by atoms with Crippen LogP contribution in [0, 0.1) is 0 Å². The van der Waals surface area contributed by atoms with Gasteiger partial charge < -0.3 is 19.1 Å². The van der Waals surface area contributed by atoms with Gasteiger partial charge in [0.2, 0.25) is 21.7 Å². The Morgan fingerprint density at radius 3 is 1.92 bits per heavy atom. The lowest BCUT2D eigenvalue weighted by molar-refractivity contribution is -0.130. The first-order valence-electron chi connectivity index (χ1n) is 11.2. The number of likely N-dealkylation sites (N-methyl/N-ethyl adjacent to an activating group) is 1. The van der Waals surface area contributed by atoms with Crippen LogP contribution in [0.1, 0.15) is 11.1 Å². The van der Waals surface area contributed by atoms with E-state index >= 15 is 0 Å². The number of hydrogen-bond donors (Lipinski definition) is 0. The van der Waals surface area contributed by atoms with E-state index < -0.39 is 22.5 Å². The number of ether oxygens (including phenoxy) is 3. The van der Waals surface area contributed by atoms with Gasteiger partial charge >= 0.3 is 0 Å². The minimum absolute atomic E-state index is 0.00735. The highest BCUT2D eigenvalue weighted by atomic mass is 35.5. The maximum atomic E-state index is 13.6. The van der Waals surface area contributed by atoms with Gasteiger partial charge in [-0.05, 0) is 59.7 Å². The van der Waals surface area contributed by atoms with E-state index in [1.54, 1.807) is 31.3 Å². The van der Waals surface area contributed by atoms with E-state index in [1.165, 1.54) is 56.6 Å². The quantitative estimate of drug-likeness (QED) is 0.288. The maximum Gasteiger partial charge on any atom is 0.243 e. The van der Waals surface area contributed by atoms with Crippen LogP contribution in [0.15, 0.2) is 59.5 Å². The summed E-state index contributed by atoms with van der Waals surface area (Å²) in [6.07, 6.45) is 0. The van der Waals surface area contributed by atoms with Gasteiger partial charge in [0.25, 0.3) is 0 Å². The van der Waals surface area contributed by atoms with E-state index in [-0.39, 0.29) is 23.0 Å². The van der Waals surface area contributed by atoms with Crippen molar-refractivity contribution < 1.29 is 27.4 Å². The Kier molecular flexibility index (Phi) is 10.1. The van der Waals surface area contributed by atoms with Gasteiger partial charge in [-0.25, -0.2) is 8.42 Å². The second-order valence-electron chi connectivity index (χ2n) is 8.25. The van der Waals surface area contributed by atoms with E-state index in [9.17, 15) is 13.2 Å². The molecule has 12 heteroatoms. The largest absolute Gasteiger partial charge is 0.493 e. The molecule has 0 N–H and O–H groups in total. The smallest absolute Gasteiger partial charge is 0.243 e. The third-order valence-corrected chi connectivity index (χ3v) is 8.34. The minimum atomic E-state index is -4.10. The molecular weight excluding hydrogens is 575 g/mol. The van der Waals surface area contributed by atoms with Gasteiger partial charge in [0, 0.05) is 35.2 Å². The van der Waals surface area contributed by atoms with Crippen LogP contribution in [0.3, 0.4) is 0 Å². The number of benzene rings is 3. The van der Waals surface area contributed by atoms with Crippen molar-refractivity contribution in [3.05, 3.63) is 80.8 Å². The molecule has 204 valence electrons. The molecule has 3 aromatic carbocycles. The number of methoxy groups -OCH3 is 3. The van der Waals surface area contributed by atoms with Crippen LogP contribution in [0.5, 0.6) is 17.2 Å². The van der Waals surface area contributed by atoms with E-state index in [2.05, 4.69) is 0 Å². The molecule has 0 fully saturated rings. The highest BCUT2D eigenvalue weighted by Gasteiger charge is 2.29. The van der Waals surface area contributed by atoms with Gasteiger partial charge in [-0.15, -0.1) is 0 Å². The van der Waals surface area contributed by atoms with Crippen molar-refractivity contribution in [2.75, 3.05) is 34.9 Å². The molecular formula is C26H27Cl3N2O6S. The van der Waals surface area contributed by atoms with Crippen LogP contribution in [-0.2, 0) is 27.9 Å². The van der Waals surface area contributed by atoms with Crippen LogP contribution in [0.25, 0.3) is 0 Å². The minimum Gasteiger partial charge on any atom is -0.493 e. The average Bonchev–Trinajstić information content (AvgIpc) is 2.89. The molecule has 0 aromatic heterocycles. The topological polar surface area (TPSA) is 85.4 Å². The molecule has 0 saturated heterocycles. The average molecular weight is 602 g/mol. The van der Waals surface area contributed by atoms with Crippen molar-refractivity contribution in [2.45, 2.75) is 18.0 Å². The van der Waals surface area contributed by atoms with E-state index in [1.807, 2.05) is 0 Å². The molecule has 0 atom stereocenters. The Hall–Kier alpha value is -2.69. The number of hydrogen-bond acceptors (Lipinski definition) is 6. The fourth-order valence-electron chi connectivity index (χ4n) is 3.68. The fraction of sp³-hybridized carbons (Fsp3) is 0.269. The number of amides is 1. The first-order chi connectivity index (χ1) is 18.0. The molecule has 0 aliphatic heterocycles. The van der Waals surface area contributed by atoms with Crippen molar-refractivity contribution in [3.8, 4) is 17.2 Å². The zero-order chi connectivity index (χ0) is 28.0. The Morgan fingerprint density at radius 2 is 1.39 bits per heavy atom. The Labute approximate surface area is 237 Å². The van der Waals surface area contributed by atoms with Crippen LogP contribution in [0.4, 0.5) is 0 Å². The van der Waals surface area contributed by atoms with Crippen LogP contribution >= 0.6 is 34.8 Å². The summed E-state index contributed by atoms with van der Waals surface area (Å²) in [5.41, 5.74) is 1.19. The Morgan fingerprint density at radius 1 is 0.816 bits per heavy atom. The molecule has 0 spiro atoms. The zero-order valence-corrected chi connectivity index (χ0v) is 24.3. The van der Waals surface area contributed by atoms with Crippen molar-refractivity contribution in [1.29, 1.82) is 0 Å². The summed E-state index contributed by atoms with van der Waals surface area (Å²) in [4.78, 5) is 14.7. The summed E-state index contributed by atoms with van der Waals surface area (Å²) in [6, 6.07) is 13.9. The van der Waals surface area contributed by atoms with Crippen LogP contribution in [0.2, 0.25) is 15.1 Å². The normalized spacial score (nSPS) is 11.4. The molecule has 1 amide bonds. The first-order valence-corrected chi connectivity index (χ1v) is 13.8. The zero-order valence-electron chi connectivity index (χ0n) is 21.2. The summed E-state index contributed by atoms with van der Waals surface area (Å²) in [5.74, 6) is 0.855. The second kappa shape index (κ2) is 12.9. The number of sulfonamides is 1. The van der Waals surface area contributed by atoms with Gasteiger partial charge in [0.15, 0.2) is 11.5 Å². The van der Waals surface area contributed by atoms with Crippen molar-refractivity contribution in [2.24, 2.45) is 0 Å². The molecule has 0 saturated carbocycles. The predicted molar refractivity (Wildman–Crippen MR) is 148 cm³/mol. The third kappa shape index (κ3) is 7.03. The van der Waals surface area contributed by atoms with E-state index in [0.29, 0.717) is 38.4 Å². The fourth-order valence-corrected chi connectivity index (χ4v) is 5.64. The summed E-state index contributed by atoms with van der Waals surface area (Å²) in [6.45, 7) is -0.429. The predicted octanol–water partition coefficient (Wildman–Crippen LogP) is 5.52. The second-order valence-corrected chi connectivity index (χ2v) is 11.5. The SMILES string of the molecule is COc1cc(CN(C)C(=O)CN(Cc2ccc(Cl)cc2Cl)S(=O)(=O)c2ccc(Cl)cc2)cc(OC)c1OC. The van der Waals surface area contributed by atoms with Crippen LogP contribution in [-0.4, -0.2) is 58.5 Å². The number of rotatable bonds is 11. The van der Waals surface area contributed by atoms with Gasteiger partial charge in [0.05, 0.1) is 32.8 Å². The van der Waals surface area contributed by atoms with E-state index in [4.69, 9.17) is 49.0 Å². The molecule has 0 heterocycles. The lowest BCUT2D eigenvalue weighted by Crippen LogP contribution is -2.41. The van der Waals surface area contributed by atoms with Crippen molar-refractivity contribution >= 4 is 50.7 Å². The van der Waals surface area contributed by atoms with Crippen LogP contribution < -0.4 is 14.2 Å². The molecule has 38 heavy (non-hydrogen) atoms. The number of carbonyl (C=O) groups excluding carboxylic acids is 1. The van der Waals surface area contributed by atoms with Gasteiger partial charge in [-0.1, -0.05) is 40.9 Å². The van der Waals surface area contributed by atoms with Gasteiger partial charge in [-0.3, -0.25) is 4.79 Å². The summed E-state index contributed by atoms with van der Waals surface area (Å²) < 4.78 is 44.3. The standard InChI is InChI=1S/C26H27Cl3N2O6S/c1-30(14-17-11-23(35-2)26(37-4)24(12-17)36-3)25(32)16-31(15-18-5-6-20(28)13-22(18)29)38(33,34)21-9-7-19(27)8-10-21/h5-13H,14-16H2,1-4H3. The lowest BCUT2D eigenvalue weighted by atomic mass is 10.1. The molecule has 8 nitrogen and oxygen atoms in total. The Balaban J connectivity index is 1.90. The van der Waals surface area contributed by atoms with Crippen molar-refractivity contribution in [1.82, 2.24) is 9.21 Å². The molecule has 0 bridgehead atoms. The molecule has 0 unspecified atom stereocenters. The molecule has 3 aromatic rings. The number of nitrogens with zero attached hydrogens (tertiary/aromatic N) is 2. The highest BCUT2D eigenvalue weighted by molar-refractivity contribution is 7.89. The summed E-state index contributed by atoms with van der Waals surface area (Å²) in [7, 11) is 1.97. The highest BCUT2D eigenvalue weighted by Crippen LogP contribution is 2.38. The van der Waals surface area contributed by atoms with Gasteiger partial charge in [0.1, 0.15) is 0 Å². The summed E-state index contributed by atoms with van der Waals surface area (Å²) >= 11 is 18.3.